The van der Waals surface area contributed by atoms with Crippen molar-refractivity contribution in [2.24, 2.45) is 0 Å². The lowest BCUT2D eigenvalue weighted by atomic mass is 10.1. The lowest BCUT2D eigenvalue weighted by molar-refractivity contribution is -0.151. The van der Waals surface area contributed by atoms with Gasteiger partial charge in [-0.25, -0.2) is 14.2 Å². The topological polar surface area (TPSA) is 124 Å². The molecular weight excluding hydrogens is 593 g/mol. The van der Waals surface area contributed by atoms with Gasteiger partial charge in [0.25, 0.3) is 11.8 Å². The number of carbonyl (C=O) groups excluding carboxylic acids is 3. The molecular formula is C33H44FN7O5. The van der Waals surface area contributed by atoms with E-state index in [0.717, 1.165) is 16.7 Å². The molecule has 46 heavy (non-hydrogen) atoms. The predicted octanol–water partition coefficient (Wildman–Crippen LogP) is 4.77. The highest BCUT2D eigenvalue weighted by molar-refractivity contribution is 5.87. The number of hydrogen-bond donors (Lipinski definition) is 1. The molecule has 3 amide bonds. The maximum absolute atomic E-state index is 13.8. The summed E-state index contributed by atoms with van der Waals surface area (Å²) in [4.78, 5) is 47.5. The zero-order valence-electron chi connectivity index (χ0n) is 27.9. The number of aryl methyl sites for hydroxylation is 2. The predicted molar refractivity (Wildman–Crippen MR) is 171 cm³/mol. The summed E-state index contributed by atoms with van der Waals surface area (Å²) in [6.45, 7) is 13.5. The van der Waals surface area contributed by atoms with Crippen molar-refractivity contribution in [1.29, 1.82) is 0 Å². The number of nitrogens with zero attached hydrogens (tertiary/aromatic N) is 6. The fraction of sp³-hybridized carbons (Fsp3) is 0.485. The van der Waals surface area contributed by atoms with E-state index >= 15 is 0 Å². The van der Waals surface area contributed by atoms with Crippen molar-refractivity contribution in [3.63, 3.8) is 0 Å². The number of nitrogens with one attached hydrogen (secondary N) is 1. The van der Waals surface area contributed by atoms with E-state index in [0.29, 0.717) is 36.1 Å². The van der Waals surface area contributed by atoms with Gasteiger partial charge in [-0.05, 0) is 89.4 Å². The average Bonchev–Trinajstić information content (AvgIpc) is 3.60. The number of aromatic nitrogens is 2. The second kappa shape index (κ2) is 14.3. The number of benzene rings is 2. The first kappa shape index (κ1) is 34.4. The van der Waals surface area contributed by atoms with Crippen molar-refractivity contribution in [3.8, 4) is 11.5 Å². The Morgan fingerprint density at radius 3 is 2.41 bits per heavy atom. The van der Waals surface area contributed by atoms with Crippen LogP contribution >= 0.6 is 0 Å². The summed E-state index contributed by atoms with van der Waals surface area (Å²) in [5.74, 6) is -0.103. The number of hydrazine groups is 1. The zero-order valence-corrected chi connectivity index (χ0v) is 27.9. The van der Waals surface area contributed by atoms with E-state index in [-0.39, 0.29) is 49.9 Å². The van der Waals surface area contributed by atoms with Gasteiger partial charge in [0.1, 0.15) is 18.0 Å². The van der Waals surface area contributed by atoms with Gasteiger partial charge in [-0.3, -0.25) is 14.6 Å². The Morgan fingerprint density at radius 2 is 1.76 bits per heavy atom. The van der Waals surface area contributed by atoms with Gasteiger partial charge in [0.2, 0.25) is 5.91 Å². The van der Waals surface area contributed by atoms with Crippen LogP contribution in [0.5, 0.6) is 0 Å². The Kier molecular flexibility index (Phi) is 10.7. The molecule has 1 aliphatic rings. The average molecular weight is 638 g/mol. The number of ether oxygens (including phenoxy) is 1. The quantitative estimate of drug-likeness (QED) is 0.317. The first-order chi connectivity index (χ1) is 21.6. The minimum Gasteiger partial charge on any atom is -0.444 e. The highest BCUT2D eigenvalue weighted by Gasteiger charge is 2.29. The number of fused-ring (bicyclic) bond motifs is 1. The minimum atomic E-state index is -0.690. The number of amides is 3. The van der Waals surface area contributed by atoms with Crippen LogP contribution in [0.1, 0.15) is 57.1 Å². The van der Waals surface area contributed by atoms with Gasteiger partial charge in [-0.1, -0.05) is 17.3 Å². The molecule has 0 atom stereocenters. The largest absolute Gasteiger partial charge is 0.444 e. The van der Waals surface area contributed by atoms with Crippen LogP contribution < -0.4 is 5.32 Å². The lowest BCUT2D eigenvalue weighted by Crippen LogP contribution is -2.51. The molecule has 2 heterocycles. The normalized spacial score (nSPS) is 13.0. The molecule has 0 aliphatic carbocycles. The second-order valence-corrected chi connectivity index (χ2v) is 12.8. The van der Waals surface area contributed by atoms with Crippen LogP contribution in [0.4, 0.5) is 14.9 Å². The fourth-order valence-electron chi connectivity index (χ4n) is 5.02. The maximum atomic E-state index is 13.8. The third-order valence-electron chi connectivity index (χ3n) is 7.64. The lowest BCUT2D eigenvalue weighted by Gasteiger charge is -2.33. The van der Waals surface area contributed by atoms with E-state index in [9.17, 15) is 18.8 Å². The molecule has 1 aliphatic heterocycles. The van der Waals surface area contributed by atoms with Crippen molar-refractivity contribution in [3.05, 3.63) is 64.7 Å². The smallest absolute Gasteiger partial charge is 0.410 e. The SMILES string of the molecule is Cc1noc(-c2ccc(C)c(NCC(=O)N(CCN(C(=O)OC(C)(C)C)C(C)C)CC(=O)N(C)N3Cc4ccc(F)cc4C3)c2)n1. The van der Waals surface area contributed by atoms with Gasteiger partial charge in [0.15, 0.2) is 5.82 Å². The summed E-state index contributed by atoms with van der Waals surface area (Å²) in [5.41, 5.74) is 3.36. The van der Waals surface area contributed by atoms with E-state index in [1.165, 1.54) is 22.0 Å². The van der Waals surface area contributed by atoms with Crippen LogP contribution in [0.15, 0.2) is 40.9 Å². The number of anilines is 1. The number of rotatable bonds is 11. The molecule has 3 aromatic rings. The van der Waals surface area contributed by atoms with Crippen LogP contribution in [-0.2, 0) is 27.4 Å². The monoisotopic (exact) mass is 637 g/mol. The van der Waals surface area contributed by atoms with E-state index in [1.54, 1.807) is 45.7 Å². The first-order valence-corrected chi connectivity index (χ1v) is 15.3. The number of likely N-dealkylation sites (N-methyl/N-ethyl adjacent to an activating group) is 1. The second-order valence-electron chi connectivity index (χ2n) is 12.8. The van der Waals surface area contributed by atoms with Crippen molar-refractivity contribution < 1.29 is 28.0 Å². The molecule has 2 aromatic carbocycles. The van der Waals surface area contributed by atoms with Crippen LogP contribution in [0, 0.1) is 19.7 Å². The van der Waals surface area contributed by atoms with E-state index in [1.807, 2.05) is 44.0 Å². The van der Waals surface area contributed by atoms with Crippen molar-refractivity contribution in [2.45, 2.75) is 73.2 Å². The van der Waals surface area contributed by atoms with Gasteiger partial charge in [-0.15, -0.1) is 0 Å². The Hall–Kier alpha value is -4.52. The summed E-state index contributed by atoms with van der Waals surface area (Å²) < 4.78 is 24.7. The molecule has 0 radical (unpaired) electrons. The van der Waals surface area contributed by atoms with Crippen molar-refractivity contribution in [2.75, 3.05) is 38.5 Å². The molecule has 13 heteroatoms. The molecule has 248 valence electrons. The zero-order chi connectivity index (χ0) is 33.8. The van der Waals surface area contributed by atoms with Gasteiger partial charge in [0, 0.05) is 50.5 Å². The van der Waals surface area contributed by atoms with Crippen LogP contribution in [0.25, 0.3) is 11.5 Å². The van der Waals surface area contributed by atoms with Gasteiger partial charge in [0.05, 0.1) is 6.54 Å². The minimum absolute atomic E-state index is 0.100. The number of hydrogen-bond acceptors (Lipinski definition) is 9. The molecule has 4 rings (SSSR count). The van der Waals surface area contributed by atoms with Crippen LogP contribution in [0.3, 0.4) is 0 Å². The molecule has 1 aromatic heterocycles. The molecule has 0 spiro atoms. The Labute approximate surface area is 269 Å². The Bertz CT molecular complexity index is 1570. The van der Waals surface area contributed by atoms with Gasteiger partial charge >= 0.3 is 6.09 Å². The summed E-state index contributed by atoms with van der Waals surface area (Å²) >= 11 is 0. The molecule has 1 N–H and O–H groups in total. The molecule has 0 bridgehead atoms. The summed E-state index contributed by atoms with van der Waals surface area (Å²) in [6.07, 6.45) is -0.498. The number of halogens is 1. The standard InChI is InChI=1S/C33H44FN7O5/c1-21(2)41(32(44)45-33(5,6)7)14-13-39(20-30(43)38(8)40-18-25-11-12-27(34)15-26(25)19-40)29(42)17-35-28-16-24(10-9-22(28)3)31-36-23(4)37-46-31/h9-12,15-16,21,35H,13-14,17-20H2,1-8H3. The summed E-state index contributed by atoms with van der Waals surface area (Å²) in [5, 5.41) is 10.3. The maximum Gasteiger partial charge on any atom is 0.410 e. The van der Waals surface area contributed by atoms with E-state index in [2.05, 4.69) is 15.5 Å². The van der Waals surface area contributed by atoms with Gasteiger partial charge in [-0.2, -0.15) is 4.98 Å². The van der Waals surface area contributed by atoms with Crippen LogP contribution in [-0.4, -0.2) is 92.7 Å². The van der Waals surface area contributed by atoms with E-state index in [4.69, 9.17) is 9.26 Å². The number of carbonyl (C=O) groups is 3. The molecule has 0 fully saturated rings. The third kappa shape index (κ3) is 8.81. The highest BCUT2D eigenvalue weighted by atomic mass is 19.1. The van der Waals surface area contributed by atoms with E-state index < -0.39 is 11.7 Å². The fourth-order valence-corrected chi connectivity index (χ4v) is 5.02. The van der Waals surface area contributed by atoms with Gasteiger partial charge < -0.3 is 24.4 Å². The van der Waals surface area contributed by atoms with Crippen LogP contribution in [0.2, 0.25) is 0 Å². The third-order valence-corrected chi connectivity index (χ3v) is 7.64. The molecule has 0 saturated heterocycles. The van der Waals surface area contributed by atoms with Crippen molar-refractivity contribution >= 4 is 23.6 Å². The highest BCUT2D eigenvalue weighted by Crippen LogP contribution is 2.26. The molecule has 0 unspecified atom stereocenters. The first-order valence-electron chi connectivity index (χ1n) is 15.3. The molecule has 12 nitrogen and oxygen atoms in total. The van der Waals surface area contributed by atoms with Crippen molar-refractivity contribution in [1.82, 2.24) is 30.0 Å². The summed E-state index contributed by atoms with van der Waals surface area (Å²) in [6, 6.07) is 9.97. The Balaban J connectivity index is 1.49. The Morgan fingerprint density at radius 1 is 1.04 bits per heavy atom. The summed E-state index contributed by atoms with van der Waals surface area (Å²) in [7, 11) is 1.64. The molecule has 0 saturated carbocycles.